The fraction of sp³-hybridized carbons (Fsp3) is 0.176. The van der Waals surface area contributed by atoms with E-state index in [4.69, 9.17) is 27.8 Å². The van der Waals surface area contributed by atoms with Crippen molar-refractivity contribution in [1.82, 2.24) is 0 Å². The van der Waals surface area contributed by atoms with Gasteiger partial charge >= 0.3 is 7.82 Å². The SMILES string of the molecule is COc1cc(/C=C\c2cc3c(c(OP(=O)(OCc4ccccc4)OCc4ccccc4)c2)C=CC3)cc(OC)c1OC. The van der Waals surface area contributed by atoms with E-state index in [2.05, 4.69) is 6.07 Å². The molecule has 0 aliphatic heterocycles. The Morgan fingerprint density at radius 3 is 1.74 bits per heavy atom. The summed E-state index contributed by atoms with van der Waals surface area (Å²) < 4.78 is 48.4. The number of hydrogen-bond donors (Lipinski definition) is 0. The molecular weight excluding hydrogens is 551 g/mol. The quantitative estimate of drug-likeness (QED) is 0.115. The van der Waals surface area contributed by atoms with E-state index < -0.39 is 7.82 Å². The lowest BCUT2D eigenvalue weighted by atomic mass is 10.0. The van der Waals surface area contributed by atoms with Crippen LogP contribution in [0, 0.1) is 0 Å². The van der Waals surface area contributed by atoms with Gasteiger partial charge in [-0.15, -0.1) is 0 Å². The van der Waals surface area contributed by atoms with Crippen molar-refractivity contribution in [2.45, 2.75) is 19.6 Å². The van der Waals surface area contributed by atoms with Crippen molar-refractivity contribution >= 4 is 26.1 Å². The molecule has 0 spiro atoms. The van der Waals surface area contributed by atoms with Crippen LogP contribution in [-0.4, -0.2) is 21.3 Å². The van der Waals surface area contributed by atoms with Gasteiger partial charge in [0.15, 0.2) is 11.5 Å². The van der Waals surface area contributed by atoms with Gasteiger partial charge in [-0.1, -0.05) is 91.0 Å². The molecule has 4 aromatic rings. The van der Waals surface area contributed by atoms with Gasteiger partial charge in [-0.25, -0.2) is 4.57 Å². The number of methoxy groups -OCH3 is 3. The van der Waals surface area contributed by atoms with E-state index in [0.29, 0.717) is 23.0 Å². The molecule has 0 radical (unpaired) electrons. The summed E-state index contributed by atoms with van der Waals surface area (Å²) in [6.07, 6.45) is 8.64. The molecule has 216 valence electrons. The fourth-order valence-electron chi connectivity index (χ4n) is 4.60. The van der Waals surface area contributed by atoms with Gasteiger partial charge in [0.1, 0.15) is 5.75 Å². The van der Waals surface area contributed by atoms with Crippen molar-refractivity contribution in [2.24, 2.45) is 0 Å². The normalized spacial score (nSPS) is 12.4. The maximum absolute atomic E-state index is 14.1. The summed E-state index contributed by atoms with van der Waals surface area (Å²) in [5, 5.41) is 0. The smallest absolute Gasteiger partial charge is 0.493 e. The van der Waals surface area contributed by atoms with Gasteiger partial charge < -0.3 is 18.7 Å². The Bertz CT molecular complexity index is 1540. The van der Waals surface area contributed by atoms with Crippen molar-refractivity contribution in [1.29, 1.82) is 0 Å². The summed E-state index contributed by atoms with van der Waals surface area (Å²) in [5.41, 5.74) is 5.34. The van der Waals surface area contributed by atoms with Crippen LogP contribution in [0.15, 0.2) is 91.0 Å². The zero-order valence-corrected chi connectivity index (χ0v) is 24.7. The molecule has 0 N–H and O–H groups in total. The molecule has 7 nitrogen and oxygen atoms in total. The first-order valence-electron chi connectivity index (χ1n) is 13.5. The van der Waals surface area contributed by atoms with Crippen molar-refractivity contribution in [3.05, 3.63) is 124 Å². The fourth-order valence-corrected chi connectivity index (χ4v) is 5.78. The maximum Gasteiger partial charge on any atom is 0.530 e. The Kier molecular flexibility index (Phi) is 9.45. The lowest BCUT2D eigenvalue weighted by molar-refractivity contribution is 0.143. The van der Waals surface area contributed by atoms with Crippen LogP contribution in [0.5, 0.6) is 23.0 Å². The molecule has 0 unspecified atom stereocenters. The van der Waals surface area contributed by atoms with Crippen LogP contribution in [0.3, 0.4) is 0 Å². The Hall–Kier alpha value is -4.29. The predicted molar refractivity (Wildman–Crippen MR) is 165 cm³/mol. The molecule has 1 aliphatic rings. The van der Waals surface area contributed by atoms with Crippen LogP contribution < -0.4 is 18.7 Å². The third-order valence-electron chi connectivity index (χ3n) is 6.70. The largest absolute Gasteiger partial charge is 0.530 e. The number of hydrogen-bond acceptors (Lipinski definition) is 7. The third kappa shape index (κ3) is 7.12. The Morgan fingerprint density at radius 2 is 1.21 bits per heavy atom. The lowest BCUT2D eigenvalue weighted by Crippen LogP contribution is -2.05. The highest BCUT2D eigenvalue weighted by Crippen LogP contribution is 2.52. The van der Waals surface area contributed by atoms with E-state index in [9.17, 15) is 4.57 Å². The second-order valence-corrected chi connectivity index (χ2v) is 11.1. The van der Waals surface area contributed by atoms with E-state index in [-0.39, 0.29) is 13.2 Å². The minimum atomic E-state index is -4.04. The van der Waals surface area contributed by atoms with Crippen LogP contribution >= 0.6 is 7.82 Å². The van der Waals surface area contributed by atoms with E-state index in [1.54, 1.807) is 21.3 Å². The molecule has 0 saturated carbocycles. The van der Waals surface area contributed by atoms with E-state index in [1.807, 2.05) is 103 Å². The monoisotopic (exact) mass is 584 g/mol. The lowest BCUT2D eigenvalue weighted by Gasteiger charge is -2.21. The molecule has 0 bridgehead atoms. The molecule has 0 saturated heterocycles. The van der Waals surface area contributed by atoms with Gasteiger partial charge in [0.05, 0.1) is 34.5 Å². The summed E-state index contributed by atoms with van der Waals surface area (Å²) in [6.45, 7) is 0.150. The van der Waals surface area contributed by atoms with Crippen molar-refractivity contribution in [3.8, 4) is 23.0 Å². The minimum absolute atomic E-state index is 0.0751. The number of fused-ring (bicyclic) bond motifs is 1. The van der Waals surface area contributed by atoms with Gasteiger partial charge in [-0.2, -0.15) is 0 Å². The molecule has 0 fully saturated rings. The summed E-state index contributed by atoms with van der Waals surface area (Å²) in [6, 6.07) is 26.7. The second-order valence-electron chi connectivity index (χ2n) is 9.55. The first-order chi connectivity index (χ1) is 20.5. The molecular formula is C34H33O7P. The highest BCUT2D eigenvalue weighted by molar-refractivity contribution is 7.48. The first-order valence-corrected chi connectivity index (χ1v) is 14.9. The highest BCUT2D eigenvalue weighted by atomic mass is 31.2. The molecule has 5 rings (SSSR count). The Labute approximate surface area is 246 Å². The van der Waals surface area contributed by atoms with Crippen LogP contribution in [0.25, 0.3) is 18.2 Å². The van der Waals surface area contributed by atoms with Crippen molar-refractivity contribution in [3.63, 3.8) is 0 Å². The van der Waals surface area contributed by atoms with Crippen LogP contribution in [0.4, 0.5) is 0 Å². The first kappa shape index (κ1) is 29.2. The number of benzene rings is 4. The number of rotatable bonds is 13. The standard InChI is InChI=1S/C34H33O7P/c1-36-32-21-28(22-33(37-2)34(32)38-3)18-17-27-19-29-15-10-16-30(29)31(20-27)41-42(35,39-23-25-11-6-4-7-12-25)40-24-26-13-8-5-9-14-26/h4-14,16-22H,15,23-24H2,1-3H3/b18-17-. The van der Waals surface area contributed by atoms with Gasteiger partial charge in [-0.05, 0) is 52.4 Å². The Balaban J connectivity index is 1.44. The number of phosphoric ester groups is 1. The predicted octanol–water partition coefficient (Wildman–Crippen LogP) is 8.37. The van der Waals surface area contributed by atoms with Crippen LogP contribution in [0.1, 0.15) is 33.4 Å². The van der Waals surface area contributed by atoms with Gasteiger partial charge in [0.25, 0.3) is 0 Å². The average Bonchev–Trinajstić information content (AvgIpc) is 3.51. The third-order valence-corrected chi connectivity index (χ3v) is 8.01. The van der Waals surface area contributed by atoms with Crippen molar-refractivity contribution in [2.75, 3.05) is 21.3 Å². The zero-order valence-electron chi connectivity index (χ0n) is 23.8. The molecule has 42 heavy (non-hydrogen) atoms. The molecule has 0 atom stereocenters. The zero-order chi connectivity index (χ0) is 29.4. The summed E-state index contributed by atoms with van der Waals surface area (Å²) in [4.78, 5) is 0. The number of allylic oxidation sites excluding steroid dienone is 1. The van der Waals surface area contributed by atoms with Crippen molar-refractivity contribution < 1.29 is 32.3 Å². The van der Waals surface area contributed by atoms with E-state index >= 15 is 0 Å². The Morgan fingerprint density at radius 1 is 0.690 bits per heavy atom. The van der Waals surface area contributed by atoms with Gasteiger partial charge in [0, 0.05) is 5.56 Å². The number of phosphoric acid groups is 1. The van der Waals surface area contributed by atoms with Gasteiger partial charge in [-0.3, -0.25) is 9.05 Å². The molecule has 0 heterocycles. The minimum Gasteiger partial charge on any atom is -0.493 e. The second kappa shape index (κ2) is 13.6. The van der Waals surface area contributed by atoms with Crippen LogP contribution in [0.2, 0.25) is 0 Å². The summed E-state index contributed by atoms with van der Waals surface area (Å²) >= 11 is 0. The highest BCUT2D eigenvalue weighted by Gasteiger charge is 2.31. The molecule has 1 aliphatic carbocycles. The van der Waals surface area contributed by atoms with E-state index in [1.165, 1.54) is 0 Å². The summed E-state index contributed by atoms with van der Waals surface area (Å²) in [5.74, 6) is 2.07. The van der Waals surface area contributed by atoms with Crippen LogP contribution in [-0.2, 0) is 33.2 Å². The average molecular weight is 585 g/mol. The van der Waals surface area contributed by atoms with E-state index in [0.717, 1.165) is 39.8 Å². The maximum atomic E-state index is 14.1. The topological polar surface area (TPSA) is 72.5 Å². The van der Waals surface area contributed by atoms with Gasteiger partial charge in [0.2, 0.25) is 5.75 Å². The molecule has 8 heteroatoms. The molecule has 4 aromatic carbocycles. The number of ether oxygens (including phenoxy) is 3. The summed E-state index contributed by atoms with van der Waals surface area (Å²) in [7, 11) is 0.701. The molecule has 0 amide bonds. The molecule has 0 aromatic heterocycles.